The number of hydrogen-bond acceptors (Lipinski definition) is 5. The highest BCUT2D eigenvalue weighted by Gasteiger charge is 2.31. The second-order valence-electron chi connectivity index (χ2n) is 6.68. The molecule has 24 heavy (non-hydrogen) atoms. The van der Waals surface area contributed by atoms with Crippen molar-refractivity contribution in [3.63, 3.8) is 0 Å². The van der Waals surface area contributed by atoms with Gasteiger partial charge in [0.25, 0.3) is 0 Å². The lowest BCUT2D eigenvalue weighted by Crippen LogP contribution is -2.45. The van der Waals surface area contributed by atoms with Crippen LogP contribution in [0.5, 0.6) is 0 Å². The quantitative estimate of drug-likeness (QED) is 0.833. The topological polar surface area (TPSA) is 92.8 Å². The predicted molar refractivity (Wildman–Crippen MR) is 90.7 cm³/mol. The summed E-state index contributed by atoms with van der Waals surface area (Å²) in [6.45, 7) is 4.35. The van der Waals surface area contributed by atoms with Gasteiger partial charge in [-0.05, 0) is 51.0 Å². The molecule has 0 amide bonds. The van der Waals surface area contributed by atoms with E-state index in [0.29, 0.717) is 19.4 Å². The molecule has 0 aromatic heterocycles. The van der Waals surface area contributed by atoms with E-state index < -0.39 is 20.0 Å². The molecule has 1 aliphatic rings. The van der Waals surface area contributed by atoms with Crippen molar-refractivity contribution < 1.29 is 21.6 Å². The van der Waals surface area contributed by atoms with Crippen LogP contribution in [0.2, 0.25) is 0 Å². The summed E-state index contributed by atoms with van der Waals surface area (Å²) in [6, 6.07) is 5.02. The molecule has 1 saturated heterocycles. The lowest BCUT2D eigenvalue weighted by Gasteiger charge is -2.35. The molecule has 7 nitrogen and oxygen atoms in total. The molecular formula is C15H24N2O5S2. The highest BCUT2D eigenvalue weighted by atomic mass is 32.2. The van der Waals surface area contributed by atoms with Crippen molar-refractivity contribution in [2.75, 3.05) is 20.7 Å². The fourth-order valence-electron chi connectivity index (χ4n) is 2.62. The number of benzene rings is 1. The van der Waals surface area contributed by atoms with E-state index in [1.54, 1.807) is 0 Å². The molecule has 0 saturated carbocycles. The van der Waals surface area contributed by atoms with Crippen molar-refractivity contribution >= 4 is 20.0 Å². The van der Waals surface area contributed by atoms with Crippen LogP contribution in [0.25, 0.3) is 0 Å². The van der Waals surface area contributed by atoms with Crippen LogP contribution in [0.15, 0.2) is 34.1 Å². The van der Waals surface area contributed by atoms with Gasteiger partial charge in [0.05, 0.1) is 15.4 Å². The van der Waals surface area contributed by atoms with E-state index in [9.17, 15) is 16.8 Å². The monoisotopic (exact) mass is 376 g/mol. The Kier molecular flexibility index (Phi) is 5.41. The van der Waals surface area contributed by atoms with E-state index in [-0.39, 0.29) is 21.4 Å². The van der Waals surface area contributed by atoms with Crippen LogP contribution in [0.4, 0.5) is 0 Å². The van der Waals surface area contributed by atoms with Gasteiger partial charge in [-0.25, -0.2) is 25.9 Å². The molecule has 0 aliphatic carbocycles. The number of sulfonamides is 2. The molecule has 1 atom stereocenters. The molecule has 1 aliphatic heterocycles. The van der Waals surface area contributed by atoms with Crippen molar-refractivity contribution in [3.8, 4) is 0 Å². The molecule has 1 N–H and O–H groups in total. The van der Waals surface area contributed by atoms with E-state index in [1.807, 2.05) is 13.8 Å². The Balaban J connectivity index is 2.18. The molecular weight excluding hydrogens is 352 g/mol. The number of hydrogen-bond donors (Lipinski definition) is 1. The summed E-state index contributed by atoms with van der Waals surface area (Å²) >= 11 is 0. The first-order chi connectivity index (χ1) is 10.9. The molecule has 2 rings (SSSR count). The summed E-state index contributed by atoms with van der Waals surface area (Å²) in [5.74, 6) is 0. The van der Waals surface area contributed by atoms with E-state index in [2.05, 4.69) is 4.72 Å². The maximum absolute atomic E-state index is 12.5. The molecule has 1 heterocycles. The summed E-state index contributed by atoms with van der Waals surface area (Å²) in [4.78, 5) is 0.100. The van der Waals surface area contributed by atoms with Gasteiger partial charge in [0.15, 0.2) is 0 Å². The van der Waals surface area contributed by atoms with Gasteiger partial charge in [0.1, 0.15) is 0 Å². The molecule has 1 aromatic carbocycles. The van der Waals surface area contributed by atoms with Crippen molar-refractivity contribution in [1.82, 2.24) is 9.03 Å². The van der Waals surface area contributed by atoms with Gasteiger partial charge in [-0.15, -0.1) is 0 Å². The number of nitrogens with one attached hydrogen (secondary N) is 1. The number of rotatable bonds is 5. The second-order valence-corrected chi connectivity index (χ2v) is 10.5. The first-order valence-electron chi connectivity index (χ1n) is 7.63. The third-order valence-corrected chi connectivity index (χ3v) is 7.30. The summed E-state index contributed by atoms with van der Waals surface area (Å²) < 4.78 is 58.4. The van der Waals surface area contributed by atoms with Crippen molar-refractivity contribution in [2.45, 2.75) is 48.1 Å². The average Bonchev–Trinajstić information content (AvgIpc) is 2.45. The zero-order valence-electron chi connectivity index (χ0n) is 14.3. The summed E-state index contributed by atoms with van der Waals surface area (Å²) in [6.07, 6.45) is 1.19. The van der Waals surface area contributed by atoms with E-state index in [4.69, 9.17) is 4.74 Å². The van der Waals surface area contributed by atoms with Crippen LogP contribution in [0.1, 0.15) is 26.7 Å². The molecule has 0 radical (unpaired) electrons. The smallest absolute Gasteiger partial charge is 0.242 e. The van der Waals surface area contributed by atoms with Gasteiger partial charge < -0.3 is 4.74 Å². The second kappa shape index (κ2) is 6.72. The third kappa shape index (κ3) is 4.34. The average molecular weight is 377 g/mol. The molecule has 9 heteroatoms. The van der Waals surface area contributed by atoms with Crippen molar-refractivity contribution in [1.29, 1.82) is 0 Å². The zero-order valence-corrected chi connectivity index (χ0v) is 15.9. The van der Waals surface area contributed by atoms with Crippen LogP contribution < -0.4 is 4.72 Å². The highest BCUT2D eigenvalue weighted by Crippen LogP contribution is 2.25. The minimum atomic E-state index is -3.71. The van der Waals surface area contributed by atoms with Crippen LogP contribution in [0, 0.1) is 0 Å². The highest BCUT2D eigenvalue weighted by molar-refractivity contribution is 7.89. The predicted octanol–water partition coefficient (Wildman–Crippen LogP) is 1.17. The van der Waals surface area contributed by atoms with Crippen LogP contribution in [-0.2, 0) is 24.8 Å². The Morgan fingerprint density at radius 2 is 1.62 bits per heavy atom. The van der Waals surface area contributed by atoms with E-state index >= 15 is 0 Å². The summed E-state index contributed by atoms with van der Waals surface area (Å²) in [7, 11) is -4.44. The third-order valence-electron chi connectivity index (χ3n) is 3.93. The lowest BCUT2D eigenvalue weighted by molar-refractivity contribution is -0.0599. The molecule has 136 valence electrons. The van der Waals surface area contributed by atoms with Gasteiger partial charge in [-0.1, -0.05) is 0 Å². The Bertz CT molecular complexity index is 784. The van der Waals surface area contributed by atoms with Crippen LogP contribution >= 0.6 is 0 Å². The van der Waals surface area contributed by atoms with Crippen molar-refractivity contribution in [2.24, 2.45) is 0 Å². The molecule has 1 fully saturated rings. The van der Waals surface area contributed by atoms with Gasteiger partial charge in [0, 0.05) is 26.7 Å². The first kappa shape index (κ1) is 19.3. The van der Waals surface area contributed by atoms with Crippen LogP contribution in [0.3, 0.4) is 0 Å². The fraction of sp³-hybridized carbons (Fsp3) is 0.600. The molecule has 0 bridgehead atoms. The minimum Gasteiger partial charge on any atom is -0.375 e. The zero-order chi connectivity index (χ0) is 18.2. The maximum Gasteiger partial charge on any atom is 0.242 e. The normalized spacial score (nSPS) is 21.8. The van der Waals surface area contributed by atoms with E-state index in [0.717, 1.165) is 4.31 Å². The fourth-order valence-corrected chi connectivity index (χ4v) is 4.79. The van der Waals surface area contributed by atoms with E-state index in [1.165, 1.54) is 38.4 Å². The largest absolute Gasteiger partial charge is 0.375 e. The first-order valence-corrected chi connectivity index (χ1v) is 10.6. The lowest BCUT2D eigenvalue weighted by atomic mass is 9.95. The maximum atomic E-state index is 12.5. The van der Waals surface area contributed by atoms with Crippen molar-refractivity contribution in [3.05, 3.63) is 24.3 Å². The summed E-state index contributed by atoms with van der Waals surface area (Å²) in [5, 5.41) is 0. The minimum absolute atomic E-state index is 0.0458. The number of nitrogens with zero attached hydrogens (tertiary/aromatic N) is 1. The van der Waals surface area contributed by atoms with Gasteiger partial charge in [-0.3, -0.25) is 0 Å². The SMILES string of the molecule is CN(C)S(=O)(=O)c1ccc(S(=O)(=O)N[C@H]2CCOC(C)(C)C2)cc1. The van der Waals surface area contributed by atoms with Crippen LogP contribution in [-0.4, -0.2) is 53.5 Å². The molecule has 0 unspecified atom stereocenters. The van der Waals surface area contributed by atoms with Gasteiger partial charge in [0.2, 0.25) is 20.0 Å². The Morgan fingerprint density at radius 1 is 1.08 bits per heavy atom. The Labute approximate surface area is 144 Å². The number of ether oxygens (including phenoxy) is 1. The van der Waals surface area contributed by atoms with Gasteiger partial charge >= 0.3 is 0 Å². The Hall–Kier alpha value is -1.00. The molecule has 0 spiro atoms. The standard InChI is InChI=1S/C15H24N2O5S2/c1-15(2)11-12(9-10-22-15)16-23(18,19)13-5-7-14(8-6-13)24(20,21)17(3)4/h5-8,12,16H,9-11H2,1-4H3/t12-/m0/s1. The Morgan fingerprint density at radius 3 is 2.12 bits per heavy atom. The summed E-state index contributed by atoms with van der Waals surface area (Å²) in [5.41, 5.74) is -0.366. The molecule has 1 aromatic rings. The van der Waals surface area contributed by atoms with Gasteiger partial charge in [-0.2, -0.15) is 0 Å².